The van der Waals surface area contributed by atoms with Gasteiger partial charge in [-0.3, -0.25) is 19.4 Å². The number of aliphatic hydroxyl groups is 1. The minimum atomic E-state index is -1.49. The van der Waals surface area contributed by atoms with Crippen LogP contribution >= 0.6 is 11.8 Å². The van der Waals surface area contributed by atoms with Gasteiger partial charge in [0.05, 0.1) is 12.6 Å². The van der Waals surface area contributed by atoms with Crippen molar-refractivity contribution in [2.75, 3.05) is 25.2 Å². The van der Waals surface area contributed by atoms with Crippen LogP contribution in [-0.2, 0) is 19.2 Å². The highest BCUT2D eigenvalue weighted by molar-refractivity contribution is 7.98. The summed E-state index contributed by atoms with van der Waals surface area (Å²) in [5.74, 6) is -2.85. The van der Waals surface area contributed by atoms with Gasteiger partial charge in [0, 0.05) is 6.54 Å². The van der Waals surface area contributed by atoms with E-state index >= 15 is 0 Å². The summed E-state index contributed by atoms with van der Waals surface area (Å²) < 4.78 is 0. The zero-order chi connectivity index (χ0) is 24.0. The lowest BCUT2D eigenvalue weighted by Crippen LogP contribution is -2.56. The third kappa shape index (κ3) is 12.0. The number of carboxylic acids is 1. The van der Waals surface area contributed by atoms with E-state index in [2.05, 4.69) is 20.9 Å². The molecule has 11 N–H and O–H groups in total. The summed E-state index contributed by atoms with van der Waals surface area (Å²) in [6.07, 6.45) is 2.91. The van der Waals surface area contributed by atoms with E-state index in [0.29, 0.717) is 31.6 Å². The average Bonchev–Trinajstić information content (AvgIpc) is 2.71. The van der Waals surface area contributed by atoms with Gasteiger partial charge >= 0.3 is 5.97 Å². The van der Waals surface area contributed by atoms with E-state index in [1.165, 1.54) is 18.7 Å². The number of hydrogen-bond acceptors (Lipinski definition) is 8. The lowest BCUT2D eigenvalue weighted by molar-refractivity contribution is -0.143. The molecule has 0 aliphatic carbocycles. The van der Waals surface area contributed by atoms with Crippen molar-refractivity contribution in [3.63, 3.8) is 0 Å². The Bertz CT molecular complexity index is 644. The topological polar surface area (TPSA) is 235 Å². The van der Waals surface area contributed by atoms with Crippen LogP contribution in [0.2, 0.25) is 0 Å². The van der Waals surface area contributed by atoms with Gasteiger partial charge in [0.15, 0.2) is 5.96 Å². The number of carboxylic acid groups (broad SMARTS) is 1. The molecular weight excluding hydrogens is 430 g/mol. The number of rotatable bonds is 15. The summed E-state index contributed by atoms with van der Waals surface area (Å²) in [6.45, 7) is 0.874. The molecule has 0 saturated carbocycles. The van der Waals surface area contributed by atoms with Gasteiger partial charge in [0.2, 0.25) is 17.7 Å². The van der Waals surface area contributed by atoms with Crippen LogP contribution in [0.1, 0.15) is 26.2 Å². The Balaban J connectivity index is 4.87. The van der Waals surface area contributed by atoms with Gasteiger partial charge in [0.25, 0.3) is 0 Å². The average molecular weight is 464 g/mol. The fourth-order valence-corrected chi connectivity index (χ4v) is 2.77. The molecule has 0 radical (unpaired) electrons. The van der Waals surface area contributed by atoms with Crippen LogP contribution in [0.4, 0.5) is 0 Å². The monoisotopic (exact) mass is 463 g/mol. The Morgan fingerprint density at radius 3 is 2.13 bits per heavy atom. The van der Waals surface area contributed by atoms with Crippen LogP contribution in [0.15, 0.2) is 4.99 Å². The number of nitrogens with one attached hydrogen (secondary N) is 3. The van der Waals surface area contributed by atoms with E-state index in [4.69, 9.17) is 27.4 Å². The number of nitrogens with zero attached hydrogens (tertiary/aromatic N) is 1. The Labute approximate surface area is 185 Å². The van der Waals surface area contributed by atoms with Crippen molar-refractivity contribution in [1.29, 1.82) is 0 Å². The van der Waals surface area contributed by atoms with Crippen molar-refractivity contribution in [3.8, 4) is 0 Å². The predicted octanol–water partition coefficient (Wildman–Crippen LogP) is -3.33. The zero-order valence-electron chi connectivity index (χ0n) is 17.7. The summed E-state index contributed by atoms with van der Waals surface area (Å²) in [7, 11) is 0. The number of amides is 3. The lowest BCUT2D eigenvalue weighted by atomic mass is 10.1. The van der Waals surface area contributed by atoms with Crippen molar-refractivity contribution < 1.29 is 29.4 Å². The van der Waals surface area contributed by atoms with Crippen molar-refractivity contribution in [2.24, 2.45) is 22.2 Å². The van der Waals surface area contributed by atoms with E-state index < -0.39 is 54.5 Å². The maximum Gasteiger partial charge on any atom is 0.328 e. The van der Waals surface area contributed by atoms with Crippen LogP contribution < -0.4 is 33.2 Å². The van der Waals surface area contributed by atoms with Crippen molar-refractivity contribution in [3.05, 3.63) is 0 Å². The Kier molecular flexibility index (Phi) is 14.0. The van der Waals surface area contributed by atoms with E-state index in [1.807, 2.05) is 6.26 Å². The highest BCUT2D eigenvalue weighted by Gasteiger charge is 2.27. The smallest absolute Gasteiger partial charge is 0.328 e. The van der Waals surface area contributed by atoms with Crippen LogP contribution in [0.5, 0.6) is 0 Å². The molecule has 178 valence electrons. The molecule has 0 saturated heterocycles. The molecule has 0 fully saturated rings. The first-order valence-corrected chi connectivity index (χ1v) is 11.0. The highest BCUT2D eigenvalue weighted by Crippen LogP contribution is 2.04. The number of carbonyl (C=O) groups excluding carboxylic acids is 3. The second kappa shape index (κ2) is 15.3. The zero-order valence-corrected chi connectivity index (χ0v) is 18.5. The number of carbonyl (C=O) groups is 4. The van der Waals surface area contributed by atoms with E-state index in [-0.39, 0.29) is 5.96 Å². The van der Waals surface area contributed by atoms with Crippen LogP contribution in [0, 0.1) is 0 Å². The number of aliphatic imine (C=N–C) groups is 1. The standard InChI is InChI=1S/C17H33N7O6S/c1-9(13(26)24-12(8-25)16(29)30)22-15(28)11(5-7-31-2)23-14(27)10(18)4-3-6-21-17(19)20/h9-12,25H,3-8,18H2,1-2H3,(H,22,28)(H,23,27)(H,24,26)(H,29,30)(H4,19,20,21). The quantitative estimate of drug-likeness (QED) is 0.0683. The molecule has 0 aliphatic heterocycles. The number of hydrogen-bond donors (Lipinski definition) is 8. The highest BCUT2D eigenvalue weighted by atomic mass is 32.2. The summed E-state index contributed by atoms with van der Waals surface area (Å²) in [6, 6.07) is -4.40. The fraction of sp³-hybridized carbons (Fsp3) is 0.706. The van der Waals surface area contributed by atoms with Crippen LogP contribution in [-0.4, -0.2) is 89.2 Å². The number of aliphatic carboxylic acids is 1. The molecule has 31 heavy (non-hydrogen) atoms. The maximum absolute atomic E-state index is 12.6. The first-order chi connectivity index (χ1) is 14.5. The molecule has 3 amide bonds. The second-order valence-corrected chi connectivity index (χ2v) is 7.70. The van der Waals surface area contributed by atoms with Gasteiger partial charge < -0.3 is 43.4 Å². The Hall–Kier alpha value is -2.58. The minimum Gasteiger partial charge on any atom is -0.480 e. The second-order valence-electron chi connectivity index (χ2n) is 6.71. The SMILES string of the molecule is CSCCC(NC(=O)C(N)CCCN=C(N)N)C(=O)NC(C)C(=O)NC(CO)C(=O)O. The van der Waals surface area contributed by atoms with Gasteiger partial charge in [-0.05, 0) is 38.2 Å². The van der Waals surface area contributed by atoms with Crippen LogP contribution in [0.25, 0.3) is 0 Å². The van der Waals surface area contributed by atoms with Gasteiger partial charge in [-0.1, -0.05) is 0 Å². The Morgan fingerprint density at radius 1 is 1.00 bits per heavy atom. The van der Waals surface area contributed by atoms with Crippen LogP contribution in [0.3, 0.4) is 0 Å². The molecule has 0 aromatic heterocycles. The maximum atomic E-state index is 12.6. The van der Waals surface area contributed by atoms with Gasteiger partial charge in [-0.2, -0.15) is 11.8 Å². The minimum absolute atomic E-state index is 0.0568. The third-order valence-electron chi connectivity index (χ3n) is 4.10. The molecule has 4 unspecified atom stereocenters. The molecule has 0 aromatic carbocycles. The Morgan fingerprint density at radius 2 is 1.61 bits per heavy atom. The van der Waals surface area contributed by atoms with Gasteiger partial charge in [-0.15, -0.1) is 0 Å². The lowest BCUT2D eigenvalue weighted by Gasteiger charge is -2.23. The number of aliphatic hydroxyl groups excluding tert-OH is 1. The number of nitrogens with two attached hydrogens (primary N) is 3. The molecule has 0 bridgehead atoms. The predicted molar refractivity (Wildman–Crippen MR) is 117 cm³/mol. The molecule has 0 aliphatic rings. The first kappa shape index (κ1) is 28.4. The molecular formula is C17H33N7O6S. The number of thioether (sulfide) groups is 1. The summed E-state index contributed by atoms with van der Waals surface area (Å²) in [5, 5.41) is 25.0. The van der Waals surface area contributed by atoms with E-state index in [0.717, 1.165) is 0 Å². The molecule has 0 spiro atoms. The van der Waals surface area contributed by atoms with Gasteiger partial charge in [-0.25, -0.2) is 4.79 Å². The largest absolute Gasteiger partial charge is 0.480 e. The number of guanidine groups is 1. The van der Waals surface area contributed by atoms with Crippen molar-refractivity contribution >= 4 is 41.4 Å². The van der Waals surface area contributed by atoms with Crippen molar-refractivity contribution in [2.45, 2.75) is 50.4 Å². The summed E-state index contributed by atoms with van der Waals surface area (Å²) >= 11 is 1.47. The molecule has 0 heterocycles. The summed E-state index contributed by atoms with van der Waals surface area (Å²) in [5.41, 5.74) is 16.3. The summed E-state index contributed by atoms with van der Waals surface area (Å²) in [4.78, 5) is 51.7. The van der Waals surface area contributed by atoms with E-state index in [1.54, 1.807) is 0 Å². The molecule has 0 rings (SSSR count). The molecule has 14 heteroatoms. The van der Waals surface area contributed by atoms with E-state index in [9.17, 15) is 19.2 Å². The first-order valence-electron chi connectivity index (χ1n) is 9.58. The van der Waals surface area contributed by atoms with Crippen molar-refractivity contribution in [1.82, 2.24) is 16.0 Å². The molecule has 4 atom stereocenters. The third-order valence-corrected chi connectivity index (χ3v) is 4.74. The van der Waals surface area contributed by atoms with Gasteiger partial charge in [0.1, 0.15) is 18.1 Å². The molecule has 13 nitrogen and oxygen atoms in total. The normalized spacial score (nSPS) is 14.5. The fourth-order valence-electron chi connectivity index (χ4n) is 2.30. The molecule has 0 aromatic rings.